The molecule has 0 bridgehead atoms. The molecule has 1 rings (SSSR count). The van der Waals surface area contributed by atoms with Gasteiger partial charge >= 0.3 is 0 Å². The van der Waals surface area contributed by atoms with Crippen molar-refractivity contribution in [2.24, 2.45) is 0 Å². The van der Waals surface area contributed by atoms with E-state index in [1.165, 1.54) is 0 Å². The summed E-state index contributed by atoms with van der Waals surface area (Å²) in [5.41, 5.74) is 1.38. The van der Waals surface area contributed by atoms with E-state index in [1.54, 1.807) is 12.2 Å². The van der Waals surface area contributed by atoms with E-state index in [0.29, 0.717) is 17.8 Å². The van der Waals surface area contributed by atoms with E-state index >= 15 is 0 Å². The molecule has 0 aliphatic heterocycles. The Morgan fingerprint density at radius 2 is 2.09 bits per heavy atom. The van der Waals surface area contributed by atoms with Gasteiger partial charge in [0, 0.05) is 0 Å². The summed E-state index contributed by atoms with van der Waals surface area (Å²) in [6, 6.07) is 0. The molecule has 56 valence electrons. The minimum absolute atomic E-state index is 0.301. The summed E-state index contributed by atoms with van der Waals surface area (Å²) < 4.78 is 0. The van der Waals surface area contributed by atoms with Gasteiger partial charge in [0.05, 0.1) is 11.4 Å². The van der Waals surface area contributed by atoms with Crippen LogP contribution in [0.2, 0.25) is 0 Å². The quantitative estimate of drug-likeness (QED) is 0.660. The van der Waals surface area contributed by atoms with Crippen molar-refractivity contribution in [1.29, 1.82) is 0 Å². The second kappa shape index (κ2) is 2.96. The van der Waals surface area contributed by atoms with Crippen molar-refractivity contribution in [2.45, 2.75) is 0 Å². The van der Waals surface area contributed by atoms with Crippen molar-refractivity contribution < 1.29 is 4.79 Å². The Kier molecular flexibility index (Phi) is 2.01. The fourth-order valence-electron chi connectivity index (χ4n) is 0.787. The first-order valence-corrected chi connectivity index (χ1v) is 3.12. The standard InChI is InChI=1S/C8H8N2O/c1-3-6-7(4-2)10-8(5-11)9-6/h3-5H,1-2H2,(H,9,10). The maximum atomic E-state index is 10.2. The number of nitrogens with zero attached hydrogens (tertiary/aromatic N) is 1. The number of aromatic amines is 1. The molecule has 0 aliphatic rings. The lowest BCUT2D eigenvalue weighted by atomic mass is 10.3. The van der Waals surface area contributed by atoms with Gasteiger partial charge in [-0.2, -0.15) is 0 Å². The van der Waals surface area contributed by atoms with Crippen LogP contribution in [0.3, 0.4) is 0 Å². The fraction of sp³-hybridized carbons (Fsp3) is 0. The summed E-state index contributed by atoms with van der Waals surface area (Å²) in [5.74, 6) is 0.301. The van der Waals surface area contributed by atoms with Crippen LogP contribution in [-0.4, -0.2) is 16.3 Å². The van der Waals surface area contributed by atoms with E-state index in [1.807, 2.05) is 0 Å². The Morgan fingerprint density at radius 3 is 2.45 bits per heavy atom. The summed E-state index contributed by atoms with van der Waals surface area (Å²) in [6.45, 7) is 7.09. The molecule has 0 radical (unpaired) electrons. The monoisotopic (exact) mass is 148 g/mol. The minimum Gasteiger partial charge on any atom is -0.336 e. The molecule has 0 aliphatic carbocycles. The first-order valence-electron chi connectivity index (χ1n) is 3.12. The second-order valence-corrected chi connectivity index (χ2v) is 1.95. The van der Waals surface area contributed by atoms with Gasteiger partial charge in [-0.15, -0.1) is 0 Å². The molecule has 0 fully saturated rings. The van der Waals surface area contributed by atoms with E-state index in [4.69, 9.17) is 0 Å². The third-order valence-electron chi connectivity index (χ3n) is 1.29. The van der Waals surface area contributed by atoms with Crippen LogP contribution in [0.25, 0.3) is 12.2 Å². The molecular weight excluding hydrogens is 140 g/mol. The van der Waals surface area contributed by atoms with Gasteiger partial charge in [0.15, 0.2) is 12.1 Å². The fourth-order valence-corrected chi connectivity index (χ4v) is 0.787. The zero-order valence-electron chi connectivity index (χ0n) is 6.00. The number of hydrogen-bond acceptors (Lipinski definition) is 2. The molecule has 0 saturated heterocycles. The number of aromatic nitrogens is 2. The Bertz CT molecular complexity index is 274. The van der Waals surface area contributed by atoms with Gasteiger partial charge in [0.25, 0.3) is 0 Å². The van der Waals surface area contributed by atoms with Gasteiger partial charge < -0.3 is 4.98 Å². The summed E-state index contributed by atoms with van der Waals surface area (Å²) in [6.07, 6.45) is 3.82. The van der Waals surface area contributed by atoms with Crippen LogP contribution in [0.1, 0.15) is 22.0 Å². The highest BCUT2D eigenvalue weighted by Gasteiger charge is 2.01. The molecule has 1 heterocycles. The summed E-state index contributed by atoms with van der Waals surface area (Å²) in [4.78, 5) is 16.9. The van der Waals surface area contributed by atoms with Crippen LogP contribution in [0.15, 0.2) is 13.2 Å². The molecule has 0 saturated carbocycles. The predicted molar refractivity (Wildman–Crippen MR) is 44.2 cm³/mol. The largest absolute Gasteiger partial charge is 0.336 e. The lowest BCUT2D eigenvalue weighted by Crippen LogP contribution is -1.80. The van der Waals surface area contributed by atoms with Crippen molar-refractivity contribution in [3.63, 3.8) is 0 Å². The molecule has 3 heteroatoms. The van der Waals surface area contributed by atoms with Crippen molar-refractivity contribution >= 4 is 18.4 Å². The number of carbonyl (C=O) groups excluding carboxylic acids is 1. The third kappa shape index (κ3) is 1.26. The highest BCUT2D eigenvalue weighted by atomic mass is 16.1. The number of carbonyl (C=O) groups is 1. The Labute approximate surface area is 64.5 Å². The molecule has 1 aromatic heterocycles. The zero-order valence-corrected chi connectivity index (χ0v) is 6.00. The molecule has 0 amide bonds. The summed E-state index contributed by atoms with van der Waals surface area (Å²) in [5, 5.41) is 0. The molecule has 11 heavy (non-hydrogen) atoms. The van der Waals surface area contributed by atoms with E-state index < -0.39 is 0 Å². The number of aldehydes is 1. The van der Waals surface area contributed by atoms with Gasteiger partial charge in [0.1, 0.15) is 0 Å². The summed E-state index contributed by atoms with van der Waals surface area (Å²) >= 11 is 0. The van der Waals surface area contributed by atoms with E-state index in [2.05, 4.69) is 23.1 Å². The molecule has 0 atom stereocenters. The number of hydrogen-bond donors (Lipinski definition) is 1. The third-order valence-corrected chi connectivity index (χ3v) is 1.29. The molecule has 0 aromatic carbocycles. The highest BCUT2D eigenvalue weighted by Crippen LogP contribution is 2.07. The summed E-state index contributed by atoms with van der Waals surface area (Å²) in [7, 11) is 0. The van der Waals surface area contributed by atoms with E-state index in [0.717, 1.165) is 5.69 Å². The number of nitrogens with one attached hydrogen (secondary N) is 1. The second-order valence-electron chi connectivity index (χ2n) is 1.95. The van der Waals surface area contributed by atoms with Crippen LogP contribution >= 0.6 is 0 Å². The number of imidazole rings is 1. The molecule has 1 N–H and O–H groups in total. The molecular formula is C8H8N2O. The van der Waals surface area contributed by atoms with E-state index in [9.17, 15) is 4.79 Å². The van der Waals surface area contributed by atoms with Crippen molar-refractivity contribution in [3.8, 4) is 0 Å². The molecule has 3 nitrogen and oxygen atoms in total. The average Bonchev–Trinajstić information content (AvgIpc) is 2.46. The molecule has 0 unspecified atom stereocenters. The lowest BCUT2D eigenvalue weighted by Gasteiger charge is -1.84. The average molecular weight is 148 g/mol. The Morgan fingerprint density at radius 1 is 1.36 bits per heavy atom. The SMILES string of the molecule is C=Cc1nc(C=O)[nH]c1C=C. The van der Waals surface area contributed by atoms with Crippen molar-refractivity contribution in [3.05, 3.63) is 30.4 Å². The van der Waals surface area contributed by atoms with E-state index in [-0.39, 0.29) is 0 Å². The van der Waals surface area contributed by atoms with Crippen molar-refractivity contribution in [1.82, 2.24) is 9.97 Å². The van der Waals surface area contributed by atoms with Crippen LogP contribution in [0.4, 0.5) is 0 Å². The normalized spacial score (nSPS) is 9.09. The van der Waals surface area contributed by atoms with Crippen LogP contribution in [-0.2, 0) is 0 Å². The maximum Gasteiger partial charge on any atom is 0.185 e. The van der Waals surface area contributed by atoms with Crippen LogP contribution < -0.4 is 0 Å². The Hall–Kier alpha value is -1.64. The van der Waals surface area contributed by atoms with Crippen LogP contribution in [0.5, 0.6) is 0 Å². The highest BCUT2D eigenvalue weighted by molar-refractivity contribution is 5.72. The minimum atomic E-state index is 0.301. The van der Waals surface area contributed by atoms with Gasteiger partial charge in [-0.3, -0.25) is 4.79 Å². The molecule has 1 aromatic rings. The van der Waals surface area contributed by atoms with Gasteiger partial charge in [-0.25, -0.2) is 4.98 Å². The molecule has 0 spiro atoms. The smallest absolute Gasteiger partial charge is 0.185 e. The Balaban J connectivity index is 3.21. The maximum absolute atomic E-state index is 10.2. The van der Waals surface area contributed by atoms with Gasteiger partial charge in [0.2, 0.25) is 0 Å². The van der Waals surface area contributed by atoms with Gasteiger partial charge in [-0.1, -0.05) is 13.2 Å². The topological polar surface area (TPSA) is 45.8 Å². The lowest BCUT2D eigenvalue weighted by molar-refractivity contribution is 0.111. The number of H-pyrrole nitrogens is 1. The zero-order chi connectivity index (χ0) is 8.27. The first-order chi connectivity index (χ1) is 5.31. The van der Waals surface area contributed by atoms with Gasteiger partial charge in [-0.05, 0) is 12.2 Å². The first kappa shape index (κ1) is 7.47. The van der Waals surface area contributed by atoms with Crippen molar-refractivity contribution in [2.75, 3.05) is 0 Å². The predicted octanol–water partition coefficient (Wildman–Crippen LogP) is 1.51. The number of rotatable bonds is 3. The van der Waals surface area contributed by atoms with Crippen LogP contribution in [0, 0.1) is 0 Å².